The van der Waals surface area contributed by atoms with Crippen molar-refractivity contribution >= 4 is 27.3 Å². The van der Waals surface area contributed by atoms with Gasteiger partial charge in [0.05, 0.1) is 23.1 Å². The Morgan fingerprint density at radius 1 is 1.29 bits per heavy atom. The summed E-state index contributed by atoms with van der Waals surface area (Å²) in [6.45, 7) is 0.924. The SMILES string of the molecule is CN(CC1CCC2(CCCCC2)O1)c1ccc(Br)cc1N. The first kappa shape index (κ1) is 15.2. The van der Waals surface area contributed by atoms with Crippen LogP contribution in [0.5, 0.6) is 0 Å². The third-order valence-electron chi connectivity index (χ3n) is 4.98. The number of halogens is 1. The van der Waals surface area contributed by atoms with E-state index in [9.17, 15) is 0 Å². The average molecular weight is 353 g/mol. The van der Waals surface area contributed by atoms with Gasteiger partial charge in [0.25, 0.3) is 0 Å². The van der Waals surface area contributed by atoms with Crippen molar-refractivity contribution in [1.82, 2.24) is 0 Å². The van der Waals surface area contributed by atoms with Gasteiger partial charge in [0.2, 0.25) is 0 Å². The third-order valence-corrected chi connectivity index (χ3v) is 5.47. The second-order valence-electron chi connectivity index (χ2n) is 6.61. The van der Waals surface area contributed by atoms with Crippen LogP contribution in [0.15, 0.2) is 22.7 Å². The van der Waals surface area contributed by atoms with Crippen LogP contribution in [0, 0.1) is 0 Å². The van der Waals surface area contributed by atoms with E-state index in [1.807, 2.05) is 12.1 Å². The molecule has 1 saturated heterocycles. The molecule has 1 aliphatic carbocycles. The predicted octanol–water partition coefficient (Wildman–Crippen LogP) is 4.35. The molecule has 3 rings (SSSR count). The minimum absolute atomic E-state index is 0.203. The lowest BCUT2D eigenvalue weighted by Gasteiger charge is -2.34. The molecule has 21 heavy (non-hydrogen) atoms. The number of nitrogens with two attached hydrogens (primary N) is 1. The van der Waals surface area contributed by atoms with E-state index >= 15 is 0 Å². The molecular weight excluding hydrogens is 328 g/mol. The van der Waals surface area contributed by atoms with Gasteiger partial charge in [-0.25, -0.2) is 0 Å². The average Bonchev–Trinajstić information content (AvgIpc) is 2.82. The molecule has 2 fully saturated rings. The van der Waals surface area contributed by atoms with E-state index in [2.05, 4.69) is 33.9 Å². The van der Waals surface area contributed by atoms with Crippen LogP contribution in [0.4, 0.5) is 11.4 Å². The Balaban J connectivity index is 1.61. The molecule has 1 heterocycles. The fourth-order valence-electron chi connectivity index (χ4n) is 3.86. The smallest absolute Gasteiger partial charge is 0.0758 e. The number of anilines is 2. The molecule has 1 atom stereocenters. The highest BCUT2D eigenvalue weighted by Gasteiger charge is 2.40. The van der Waals surface area contributed by atoms with Crippen LogP contribution in [-0.4, -0.2) is 25.3 Å². The van der Waals surface area contributed by atoms with Crippen molar-refractivity contribution in [2.24, 2.45) is 0 Å². The van der Waals surface area contributed by atoms with Crippen LogP contribution in [-0.2, 0) is 4.74 Å². The lowest BCUT2D eigenvalue weighted by molar-refractivity contribution is -0.0602. The van der Waals surface area contributed by atoms with Crippen molar-refractivity contribution in [1.29, 1.82) is 0 Å². The van der Waals surface area contributed by atoms with Crippen LogP contribution in [0.1, 0.15) is 44.9 Å². The second-order valence-corrected chi connectivity index (χ2v) is 7.52. The standard InChI is InChI=1S/C17H25BrN2O/c1-20(16-6-5-13(18)11-15(16)19)12-14-7-10-17(21-14)8-3-2-4-9-17/h5-6,11,14H,2-4,7-10,12,19H2,1H3. The molecule has 2 N–H and O–H groups in total. The summed E-state index contributed by atoms with van der Waals surface area (Å²) in [5.41, 5.74) is 8.23. The van der Waals surface area contributed by atoms with Gasteiger partial charge >= 0.3 is 0 Å². The Hall–Kier alpha value is -0.740. The van der Waals surface area contributed by atoms with Gasteiger partial charge in [-0.2, -0.15) is 0 Å². The summed E-state index contributed by atoms with van der Waals surface area (Å²) < 4.78 is 7.48. The highest BCUT2D eigenvalue weighted by atomic mass is 79.9. The maximum atomic E-state index is 6.45. The molecule has 3 nitrogen and oxygen atoms in total. The minimum atomic E-state index is 0.203. The van der Waals surface area contributed by atoms with Gasteiger partial charge in [-0.3, -0.25) is 0 Å². The topological polar surface area (TPSA) is 38.5 Å². The first-order chi connectivity index (χ1) is 10.1. The Labute approximate surface area is 136 Å². The van der Waals surface area contributed by atoms with Gasteiger partial charge < -0.3 is 15.4 Å². The van der Waals surface area contributed by atoms with Crippen LogP contribution < -0.4 is 10.6 Å². The molecule has 116 valence electrons. The fraction of sp³-hybridized carbons (Fsp3) is 0.647. The number of hydrogen-bond acceptors (Lipinski definition) is 3. The van der Waals surface area contributed by atoms with Gasteiger partial charge in [0.1, 0.15) is 0 Å². The molecule has 0 bridgehead atoms. The molecule has 4 heteroatoms. The van der Waals surface area contributed by atoms with Crippen molar-refractivity contribution in [2.75, 3.05) is 24.2 Å². The van der Waals surface area contributed by atoms with E-state index in [0.29, 0.717) is 6.10 Å². The molecule has 1 aromatic rings. The number of hydrogen-bond donors (Lipinski definition) is 1. The minimum Gasteiger partial charge on any atom is -0.397 e. The summed E-state index contributed by atoms with van der Waals surface area (Å²) in [5, 5.41) is 0. The molecule has 0 aromatic heterocycles. The molecule has 2 aliphatic rings. The number of nitrogen functional groups attached to an aromatic ring is 1. The van der Waals surface area contributed by atoms with Crippen LogP contribution >= 0.6 is 15.9 Å². The largest absolute Gasteiger partial charge is 0.397 e. The zero-order valence-corrected chi connectivity index (χ0v) is 14.4. The molecule has 1 aromatic carbocycles. The van der Waals surface area contributed by atoms with Gasteiger partial charge in [-0.05, 0) is 43.9 Å². The maximum absolute atomic E-state index is 6.45. The van der Waals surface area contributed by atoms with Crippen LogP contribution in [0.3, 0.4) is 0 Å². The molecule has 1 spiro atoms. The molecule has 0 radical (unpaired) electrons. The first-order valence-corrected chi connectivity index (χ1v) is 8.81. The van der Waals surface area contributed by atoms with Gasteiger partial charge in [0, 0.05) is 18.1 Å². The molecular formula is C17H25BrN2O. The van der Waals surface area contributed by atoms with Crippen molar-refractivity contribution in [2.45, 2.75) is 56.7 Å². The number of rotatable bonds is 3. The lowest BCUT2D eigenvalue weighted by atomic mass is 9.83. The number of ether oxygens (including phenoxy) is 1. The van der Waals surface area contributed by atoms with Crippen molar-refractivity contribution < 1.29 is 4.74 Å². The quantitative estimate of drug-likeness (QED) is 0.821. The Morgan fingerprint density at radius 2 is 2.05 bits per heavy atom. The lowest BCUT2D eigenvalue weighted by Crippen LogP contribution is -2.35. The number of benzene rings is 1. The summed E-state index contributed by atoms with van der Waals surface area (Å²) in [7, 11) is 2.11. The maximum Gasteiger partial charge on any atom is 0.0758 e. The normalized spacial score (nSPS) is 24.4. The van der Waals surface area contributed by atoms with E-state index in [-0.39, 0.29) is 5.60 Å². The van der Waals surface area contributed by atoms with Crippen molar-refractivity contribution in [3.05, 3.63) is 22.7 Å². The zero-order chi connectivity index (χ0) is 14.9. The Morgan fingerprint density at radius 3 is 2.76 bits per heavy atom. The first-order valence-electron chi connectivity index (χ1n) is 8.02. The van der Waals surface area contributed by atoms with Crippen LogP contribution in [0.2, 0.25) is 0 Å². The van der Waals surface area contributed by atoms with Crippen molar-refractivity contribution in [3.8, 4) is 0 Å². The van der Waals surface area contributed by atoms with Gasteiger partial charge in [-0.15, -0.1) is 0 Å². The molecule has 1 aliphatic heterocycles. The summed E-state index contributed by atoms with van der Waals surface area (Å²) in [6, 6.07) is 6.08. The van der Waals surface area contributed by atoms with E-state index < -0.39 is 0 Å². The fourth-order valence-corrected chi connectivity index (χ4v) is 4.24. The molecule has 1 saturated carbocycles. The number of likely N-dealkylation sites (N-methyl/N-ethyl adjacent to an activating group) is 1. The monoisotopic (exact) mass is 352 g/mol. The summed E-state index contributed by atoms with van der Waals surface area (Å²) >= 11 is 3.46. The highest BCUT2D eigenvalue weighted by Crippen LogP contribution is 2.42. The van der Waals surface area contributed by atoms with Gasteiger partial charge in [-0.1, -0.05) is 35.2 Å². The van der Waals surface area contributed by atoms with Crippen molar-refractivity contribution in [3.63, 3.8) is 0 Å². The second kappa shape index (κ2) is 6.17. The van der Waals surface area contributed by atoms with E-state index in [1.165, 1.54) is 44.9 Å². The van der Waals surface area contributed by atoms with E-state index in [1.54, 1.807) is 0 Å². The predicted molar refractivity (Wildman–Crippen MR) is 91.7 cm³/mol. The molecule has 1 unspecified atom stereocenters. The summed E-state index contributed by atoms with van der Waals surface area (Å²) in [4.78, 5) is 2.23. The third kappa shape index (κ3) is 3.37. The zero-order valence-electron chi connectivity index (χ0n) is 12.8. The summed E-state index contributed by atoms with van der Waals surface area (Å²) in [5.74, 6) is 0. The van der Waals surface area contributed by atoms with E-state index in [0.717, 1.165) is 22.4 Å². The highest BCUT2D eigenvalue weighted by molar-refractivity contribution is 9.10. The number of nitrogens with zero attached hydrogens (tertiary/aromatic N) is 1. The van der Waals surface area contributed by atoms with Gasteiger partial charge in [0.15, 0.2) is 0 Å². The summed E-state index contributed by atoms with van der Waals surface area (Å²) in [6.07, 6.45) is 9.33. The Kier molecular flexibility index (Phi) is 4.46. The Bertz CT molecular complexity index is 500. The van der Waals surface area contributed by atoms with Crippen LogP contribution in [0.25, 0.3) is 0 Å². The van der Waals surface area contributed by atoms with E-state index in [4.69, 9.17) is 10.5 Å². The molecule has 0 amide bonds.